The number of rotatable bonds is 3. The van der Waals surface area contributed by atoms with Gasteiger partial charge >= 0.3 is 12.1 Å². The highest BCUT2D eigenvalue weighted by molar-refractivity contribution is 5.76. The second kappa shape index (κ2) is 4.60. The lowest BCUT2D eigenvalue weighted by atomic mass is 10.6. The van der Waals surface area contributed by atoms with E-state index in [2.05, 4.69) is 4.74 Å². The van der Waals surface area contributed by atoms with Crippen LogP contribution in [0.25, 0.3) is 0 Å². The molecule has 5 heteroatoms. The third-order valence-electron chi connectivity index (χ3n) is 0.682. The maximum absolute atomic E-state index is 10.4. The minimum absolute atomic E-state index is 0.244. The summed E-state index contributed by atoms with van der Waals surface area (Å²) in [5, 5.41) is 11.4. The largest absolute Gasteiger partial charge is 0.465 e. The van der Waals surface area contributed by atoms with E-state index in [1.807, 2.05) is 0 Å². The molecule has 0 fully saturated rings. The molecule has 57 valence electrons. The molecule has 1 N–H and O–H groups in total. The Bertz CT molecular complexity index is 134. The van der Waals surface area contributed by atoms with E-state index < -0.39 is 12.1 Å². The quantitative estimate of drug-likeness (QED) is 0.555. The minimum Gasteiger partial charge on any atom is -0.465 e. The molecule has 0 spiro atoms. The monoisotopic (exact) mass is 146 g/mol. The van der Waals surface area contributed by atoms with E-state index in [0.717, 1.165) is 0 Å². The van der Waals surface area contributed by atoms with Crippen LogP contribution in [0.4, 0.5) is 4.79 Å². The van der Waals surface area contributed by atoms with E-state index in [0.29, 0.717) is 0 Å². The van der Waals surface area contributed by atoms with Crippen molar-refractivity contribution in [3.63, 3.8) is 0 Å². The molecule has 0 heterocycles. The van der Waals surface area contributed by atoms with Gasteiger partial charge in [-0.1, -0.05) is 0 Å². The average molecular weight is 146 g/mol. The molecule has 10 heavy (non-hydrogen) atoms. The van der Waals surface area contributed by atoms with Crippen LogP contribution < -0.4 is 5.32 Å². The normalized spacial score (nSPS) is 8.50. The summed E-state index contributed by atoms with van der Waals surface area (Å²) in [6.45, 7) is 1.53. The number of esters is 1. The van der Waals surface area contributed by atoms with Gasteiger partial charge in [-0.25, -0.2) is 9.90 Å². The minimum atomic E-state index is -1.48. The molecule has 0 atom stereocenters. The number of ether oxygens (including phenoxy) is 1. The maximum Gasteiger partial charge on any atom is 0.451 e. The van der Waals surface area contributed by atoms with Crippen molar-refractivity contribution in [2.24, 2.45) is 0 Å². The van der Waals surface area contributed by atoms with Crippen LogP contribution in [0.5, 0.6) is 0 Å². The van der Waals surface area contributed by atoms with Crippen LogP contribution >= 0.6 is 0 Å². The molecule has 0 saturated carbocycles. The van der Waals surface area contributed by atoms with Crippen molar-refractivity contribution in [3.8, 4) is 0 Å². The number of nitrogens with one attached hydrogen (secondary N) is 1. The number of hydrogen-bond acceptors (Lipinski definition) is 3. The standard InChI is InChI=1S/C5H8NO4/c1-2-10-4(7)3-6-5(8)9/h6H,2-3H2,1H3. The average Bonchev–Trinajstić information content (AvgIpc) is 1.85. The summed E-state index contributed by atoms with van der Waals surface area (Å²) in [5.74, 6) is -0.605. The van der Waals surface area contributed by atoms with E-state index in [1.54, 1.807) is 12.2 Å². The zero-order valence-corrected chi connectivity index (χ0v) is 5.55. The summed E-state index contributed by atoms with van der Waals surface area (Å²) in [7, 11) is 0. The van der Waals surface area contributed by atoms with Crippen molar-refractivity contribution in [1.82, 2.24) is 5.32 Å². The van der Waals surface area contributed by atoms with Gasteiger partial charge in [-0.3, -0.25) is 4.79 Å². The molecule has 0 aliphatic carbocycles. The van der Waals surface area contributed by atoms with Gasteiger partial charge < -0.3 is 10.1 Å². The van der Waals surface area contributed by atoms with Gasteiger partial charge in [0.15, 0.2) is 0 Å². The maximum atomic E-state index is 10.4. The first-order chi connectivity index (χ1) is 4.66. The van der Waals surface area contributed by atoms with Crippen LogP contribution in [-0.2, 0) is 14.6 Å². The van der Waals surface area contributed by atoms with Gasteiger partial charge in [0.1, 0.15) is 6.54 Å². The SMILES string of the molecule is CCOC(=O)CNC([O])=O. The number of amides is 1. The smallest absolute Gasteiger partial charge is 0.451 e. The van der Waals surface area contributed by atoms with Crippen molar-refractivity contribution < 1.29 is 19.4 Å². The molecule has 0 aromatic heterocycles. The predicted molar refractivity (Wildman–Crippen MR) is 30.7 cm³/mol. The molecule has 0 saturated heterocycles. The third kappa shape index (κ3) is 4.89. The molecule has 0 bridgehead atoms. The Kier molecular flexibility index (Phi) is 4.02. The second-order valence-electron chi connectivity index (χ2n) is 1.45. The molecule has 0 aliphatic heterocycles. The molecule has 0 aromatic carbocycles. The molecule has 5 nitrogen and oxygen atoms in total. The van der Waals surface area contributed by atoms with E-state index in [-0.39, 0.29) is 13.2 Å². The fraction of sp³-hybridized carbons (Fsp3) is 0.600. The van der Waals surface area contributed by atoms with Crippen LogP contribution in [0.15, 0.2) is 0 Å². The molecule has 1 amide bonds. The van der Waals surface area contributed by atoms with Crippen molar-refractivity contribution >= 4 is 12.1 Å². The van der Waals surface area contributed by atoms with Crippen LogP contribution in [0.3, 0.4) is 0 Å². The Labute approximate surface area is 58.0 Å². The first-order valence-corrected chi connectivity index (χ1v) is 2.77. The van der Waals surface area contributed by atoms with E-state index in [1.165, 1.54) is 0 Å². The van der Waals surface area contributed by atoms with Gasteiger partial charge in [0.05, 0.1) is 6.61 Å². The van der Waals surface area contributed by atoms with Crippen molar-refractivity contribution in [2.75, 3.05) is 13.2 Å². The van der Waals surface area contributed by atoms with Crippen LogP contribution in [0, 0.1) is 0 Å². The summed E-state index contributed by atoms with van der Waals surface area (Å²) >= 11 is 0. The van der Waals surface area contributed by atoms with Gasteiger partial charge in [0, 0.05) is 0 Å². The Balaban J connectivity index is 3.30. The third-order valence-corrected chi connectivity index (χ3v) is 0.682. The Morgan fingerprint density at radius 3 is 2.50 bits per heavy atom. The molecular weight excluding hydrogens is 138 g/mol. The lowest BCUT2D eigenvalue weighted by Gasteiger charge is -1.98. The van der Waals surface area contributed by atoms with Crippen LogP contribution in [-0.4, -0.2) is 25.2 Å². The summed E-state index contributed by atoms with van der Waals surface area (Å²) in [5.41, 5.74) is 0. The molecule has 1 radical (unpaired) electrons. The second-order valence-corrected chi connectivity index (χ2v) is 1.45. The summed E-state index contributed by atoms with van der Waals surface area (Å²) in [6.07, 6.45) is -1.48. The van der Waals surface area contributed by atoms with E-state index >= 15 is 0 Å². The fourth-order valence-corrected chi connectivity index (χ4v) is 0.356. The highest BCUT2D eigenvalue weighted by atomic mass is 16.5. The van der Waals surface area contributed by atoms with Gasteiger partial charge in [0.2, 0.25) is 0 Å². The summed E-state index contributed by atoms with van der Waals surface area (Å²) < 4.78 is 4.40. The number of hydrogen-bond donors (Lipinski definition) is 1. The molecule has 0 aromatic rings. The summed E-state index contributed by atoms with van der Waals surface area (Å²) in [6, 6.07) is 0. The first kappa shape index (κ1) is 8.74. The molecule has 0 unspecified atom stereocenters. The Hall–Kier alpha value is -1.26. The van der Waals surface area contributed by atoms with Crippen molar-refractivity contribution in [1.29, 1.82) is 0 Å². The molecular formula is C5H8NO4. The Morgan fingerprint density at radius 2 is 2.10 bits per heavy atom. The van der Waals surface area contributed by atoms with Crippen LogP contribution in [0.1, 0.15) is 6.92 Å². The predicted octanol–water partition coefficient (Wildman–Crippen LogP) is -0.310. The number of carbonyl (C=O) groups excluding carboxylic acids is 2. The fourth-order valence-electron chi connectivity index (χ4n) is 0.356. The lowest BCUT2D eigenvalue weighted by molar-refractivity contribution is -0.141. The Morgan fingerprint density at radius 1 is 1.50 bits per heavy atom. The van der Waals surface area contributed by atoms with E-state index in [9.17, 15) is 14.7 Å². The zero-order chi connectivity index (χ0) is 7.98. The van der Waals surface area contributed by atoms with Gasteiger partial charge in [0.25, 0.3) is 0 Å². The van der Waals surface area contributed by atoms with Gasteiger partial charge in [-0.05, 0) is 6.92 Å². The van der Waals surface area contributed by atoms with Gasteiger partial charge in [-0.15, -0.1) is 0 Å². The highest BCUT2D eigenvalue weighted by Gasteiger charge is 2.03. The first-order valence-electron chi connectivity index (χ1n) is 2.77. The van der Waals surface area contributed by atoms with Gasteiger partial charge in [-0.2, -0.15) is 0 Å². The van der Waals surface area contributed by atoms with Crippen LogP contribution in [0.2, 0.25) is 0 Å². The zero-order valence-electron chi connectivity index (χ0n) is 5.55. The lowest BCUT2D eigenvalue weighted by Crippen LogP contribution is -2.28. The van der Waals surface area contributed by atoms with Crippen molar-refractivity contribution in [2.45, 2.75) is 6.92 Å². The van der Waals surface area contributed by atoms with Crippen molar-refractivity contribution in [3.05, 3.63) is 0 Å². The topological polar surface area (TPSA) is 75.3 Å². The molecule has 0 aliphatic rings. The molecule has 0 rings (SSSR count). The summed E-state index contributed by atoms with van der Waals surface area (Å²) in [4.78, 5) is 20.0. The van der Waals surface area contributed by atoms with E-state index in [4.69, 9.17) is 0 Å². The number of carbonyl (C=O) groups is 2. The highest BCUT2D eigenvalue weighted by Crippen LogP contribution is 1.74.